The van der Waals surface area contributed by atoms with Gasteiger partial charge in [0.25, 0.3) is 0 Å². The van der Waals surface area contributed by atoms with Crippen molar-refractivity contribution in [3.8, 4) is 11.3 Å². The van der Waals surface area contributed by atoms with Crippen LogP contribution in [0.4, 0.5) is 5.82 Å². The number of nitrogens with zero attached hydrogens (tertiary/aromatic N) is 2. The average molecular weight is 216 g/mol. The van der Waals surface area contributed by atoms with Crippen LogP contribution < -0.4 is 5.48 Å². The zero-order chi connectivity index (χ0) is 11.4. The number of aliphatic imine (C=N–C) groups is 1. The molecule has 0 saturated carbocycles. The van der Waals surface area contributed by atoms with Gasteiger partial charge in [-0.1, -0.05) is 29.8 Å². The van der Waals surface area contributed by atoms with E-state index >= 15 is 0 Å². The van der Waals surface area contributed by atoms with E-state index in [1.54, 1.807) is 6.07 Å². The molecule has 3 N–H and O–H groups in total. The van der Waals surface area contributed by atoms with Gasteiger partial charge in [-0.25, -0.2) is 4.99 Å². The molecule has 5 heteroatoms. The molecule has 0 fully saturated rings. The molecule has 0 saturated heterocycles. The summed E-state index contributed by atoms with van der Waals surface area (Å²) in [4.78, 5) is 3.86. The van der Waals surface area contributed by atoms with Crippen molar-refractivity contribution in [2.24, 2.45) is 4.99 Å². The highest BCUT2D eigenvalue weighted by atomic mass is 16.5. The van der Waals surface area contributed by atoms with Crippen molar-refractivity contribution in [3.63, 3.8) is 0 Å². The summed E-state index contributed by atoms with van der Waals surface area (Å²) in [6.07, 6.45) is 1.16. The molecule has 0 atom stereocenters. The van der Waals surface area contributed by atoms with E-state index in [9.17, 15) is 0 Å². The molecular weight excluding hydrogens is 204 g/mol. The lowest BCUT2D eigenvalue weighted by atomic mass is 10.1. The second-order valence-electron chi connectivity index (χ2n) is 3.39. The smallest absolute Gasteiger partial charge is 0.175 e. The van der Waals surface area contributed by atoms with Crippen molar-refractivity contribution in [1.29, 1.82) is 0 Å². The molecule has 0 aliphatic rings. The predicted octanol–water partition coefficient (Wildman–Crippen LogP) is 2.02. The largest absolute Gasteiger partial charge is 0.290 e. The molecule has 1 aromatic heterocycles. The van der Waals surface area contributed by atoms with Crippen LogP contribution in [-0.4, -0.2) is 21.7 Å². The molecule has 2 aromatic rings. The first kappa shape index (κ1) is 10.4. The van der Waals surface area contributed by atoms with Gasteiger partial charge in [-0.2, -0.15) is 5.10 Å². The summed E-state index contributed by atoms with van der Waals surface area (Å²) < 4.78 is 0. The number of aromatic amines is 1. The molecule has 1 aromatic carbocycles. The Morgan fingerprint density at radius 3 is 2.81 bits per heavy atom. The minimum absolute atomic E-state index is 0.511. The fourth-order valence-electron chi connectivity index (χ4n) is 1.35. The van der Waals surface area contributed by atoms with Crippen molar-refractivity contribution in [3.05, 3.63) is 35.9 Å². The van der Waals surface area contributed by atoms with Gasteiger partial charge in [0.2, 0.25) is 0 Å². The van der Waals surface area contributed by atoms with Crippen LogP contribution in [0.15, 0.2) is 35.3 Å². The molecule has 16 heavy (non-hydrogen) atoms. The van der Waals surface area contributed by atoms with Crippen molar-refractivity contribution in [2.45, 2.75) is 6.92 Å². The van der Waals surface area contributed by atoms with Gasteiger partial charge in [-0.3, -0.25) is 15.8 Å². The maximum Gasteiger partial charge on any atom is 0.175 e. The van der Waals surface area contributed by atoms with Gasteiger partial charge in [0.15, 0.2) is 5.82 Å². The van der Waals surface area contributed by atoms with Crippen molar-refractivity contribution in [2.75, 3.05) is 0 Å². The molecule has 0 aliphatic heterocycles. The zero-order valence-corrected chi connectivity index (χ0v) is 8.81. The third-order valence-corrected chi connectivity index (χ3v) is 2.18. The summed E-state index contributed by atoms with van der Waals surface area (Å²) in [6, 6.07) is 9.91. The van der Waals surface area contributed by atoms with Crippen LogP contribution in [0.25, 0.3) is 11.3 Å². The lowest BCUT2D eigenvalue weighted by Crippen LogP contribution is -2.00. The topological polar surface area (TPSA) is 73.3 Å². The summed E-state index contributed by atoms with van der Waals surface area (Å²) in [5, 5.41) is 15.2. The van der Waals surface area contributed by atoms with Gasteiger partial charge in [-0.05, 0) is 12.5 Å². The Balaban J connectivity index is 2.24. The van der Waals surface area contributed by atoms with Gasteiger partial charge < -0.3 is 0 Å². The third-order valence-electron chi connectivity index (χ3n) is 2.18. The van der Waals surface area contributed by atoms with E-state index in [-0.39, 0.29) is 0 Å². The van der Waals surface area contributed by atoms with Crippen LogP contribution >= 0.6 is 0 Å². The number of benzene rings is 1. The normalized spacial score (nSPS) is 10.9. The highest BCUT2D eigenvalue weighted by molar-refractivity contribution is 5.64. The Labute approximate surface area is 92.8 Å². The Bertz CT molecular complexity index is 487. The van der Waals surface area contributed by atoms with Gasteiger partial charge in [0, 0.05) is 6.07 Å². The summed E-state index contributed by atoms with van der Waals surface area (Å²) in [6.45, 7) is 2.04. The van der Waals surface area contributed by atoms with E-state index in [4.69, 9.17) is 5.21 Å². The van der Waals surface area contributed by atoms with E-state index < -0.39 is 0 Å². The Hall–Kier alpha value is -2.14. The van der Waals surface area contributed by atoms with E-state index in [0.29, 0.717) is 5.82 Å². The zero-order valence-electron chi connectivity index (χ0n) is 8.81. The van der Waals surface area contributed by atoms with Crippen molar-refractivity contribution >= 4 is 12.2 Å². The maximum absolute atomic E-state index is 8.34. The summed E-state index contributed by atoms with van der Waals surface area (Å²) in [5.41, 5.74) is 4.99. The fourth-order valence-corrected chi connectivity index (χ4v) is 1.35. The molecule has 0 amide bonds. The summed E-state index contributed by atoms with van der Waals surface area (Å²) in [5.74, 6) is 0.511. The average Bonchev–Trinajstić information content (AvgIpc) is 2.76. The van der Waals surface area contributed by atoms with Crippen molar-refractivity contribution in [1.82, 2.24) is 15.7 Å². The van der Waals surface area contributed by atoms with E-state index in [1.165, 1.54) is 5.56 Å². The molecule has 1 heterocycles. The van der Waals surface area contributed by atoms with Gasteiger partial charge in [0.05, 0.1) is 5.69 Å². The number of hydroxylamine groups is 1. The third kappa shape index (κ3) is 2.26. The van der Waals surface area contributed by atoms with Crippen LogP contribution in [0.2, 0.25) is 0 Å². The van der Waals surface area contributed by atoms with E-state index in [2.05, 4.69) is 15.2 Å². The molecule has 0 unspecified atom stereocenters. The standard InChI is InChI=1S/C11H12N4O/c1-8-2-4-9(5-3-8)10-6-11(15-14-10)12-7-13-16/h2-7,16H,1H3,(H2,12,13,14,15). The van der Waals surface area contributed by atoms with Crippen LogP contribution in [0.1, 0.15) is 5.56 Å². The Kier molecular flexibility index (Phi) is 2.98. The lowest BCUT2D eigenvalue weighted by Gasteiger charge is -1.96. The SMILES string of the molecule is Cc1ccc(-c2cc(N=CNO)n[nH]2)cc1. The number of H-pyrrole nitrogens is 1. The van der Waals surface area contributed by atoms with Crippen LogP contribution in [-0.2, 0) is 0 Å². The summed E-state index contributed by atoms with van der Waals surface area (Å²) >= 11 is 0. The number of nitrogens with one attached hydrogen (secondary N) is 2. The minimum Gasteiger partial charge on any atom is -0.290 e. The summed E-state index contributed by atoms with van der Waals surface area (Å²) in [7, 11) is 0. The van der Waals surface area contributed by atoms with Crippen molar-refractivity contribution < 1.29 is 5.21 Å². The highest BCUT2D eigenvalue weighted by Crippen LogP contribution is 2.20. The first-order chi connectivity index (χ1) is 7.79. The number of aromatic nitrogens is 2. The number of rotatable bonds is 3. The monoisotopic (exact) mass is 216 g/mol. The Morgan fingerprint density at radius 1 is 1.38 bits per heavy atom. The number of hydrogen-bond donors (Lipinski definition) is 3. The first-order valence-corrected chi connectivity index (χ1v) is 4.84. The fraction of sp³-hybridized carbons (Fsp3) is 0.0909. The number of aryl methyl sites for hydroxylation is 1. The van der Waals surface area contributed by atoms with Gasteiger partial charge >= 0.3 is 0 Å². The molecule has 0 aliphatic carbocycles. The molecular formula is C11H12N4O. The maximum atomic E-state index is 8.34. The van der Waals surface area contributed by atoms with Gasteiger partial charge in [0.1, 0.15) is 6.34 Å². The van der Waals surface area contributed by atoms with Crippen LogP contribution in [0.5, 0.6) is 0 Å². The van der Waals surface area contributed by atoms with E-state index in [1.807, 2.05) is 36.7 Å². The predicted molar refractivity (Wildman–Crippen MR) is 61.8 cm³/mol. The lowest BCUT2D eigenvalue weighted by molar-refractivity contribution is 0.240. The second-order valence-corrected chi connectivity index (χ2v) is 3.39. The number of hydrogen-bond acceptors (Lipinski definition) is 3. The molecule has 82 valence electrons. The quantitative estimate of drug-likeness (QED) is 0.417. The second kappa shape index (κ2) is 4.59. The molecule has 0 radical (unpaired) electrons. The van der Waals surface area contributed by atoms with Crippen LogP contribution in [0, 0.1) is 6.92 Å². The molecule has 0 bridgehead atoms. The minimum atomic E-state index is 0.511. The first-order valence-electron chi connectivity index (χ1n) is 4.84. The molecule has 5 nitrogen and oxygen atoms in total. The highest BCUT2D eigenvalue weighted by Gasteiger charge is 2.01. The van der Waals surface area contributed by atoms with Gasteiger partial charge in [-0.15, -0.1) is 0 Å². The molecule has 0 spiro atoms. The van der Waals surface area contributed by atoms with Crippen LogP contribution in [0.3, 0.4) is 0 Å². The Morgan fingerprint density at radius 2 is 2.12 bits per heavy atom. The molecule has 2 rings (SSSR count). The van der Waals surface area contributed by atoms with E-state index in [0.717, 1.165) is 17.6 Å².